The fourth-order valence-corrected chi connectivity index (χ4v) is 3.85. The first-order valence-corrected chi connectivity index (χ1v) is 9.45. The van der Waals surface area contributed by atoms with Crippen LogP contribution in [0.25, 0.3) is 5.69 Å². The van der Waals surface area contributed by atoms with Gasteiger partial charge >= 0.3 is 6.18 Å². The van der Waals surface area contributed by atoms with E-state index >= 15 is 0 Å². The fourth-order valence-electron chi connectivity index (χ4n) is 3.07. The largest absolute Gasteiger partial charge is 0.453 e. The number of hydrogen-bond donors (Lipinski definition) is 2. The SMILES string of the molecule is Nc1nc(C(F)(F)F)nn1-c1cc(S(=O)(=O)O)c(C2CC2)cc1C1CC1. The van der Waals surface area contributed by atoms with E-state index in [2.05, 4.69) is 10.1 Å². The lowest BCUT2D eigenvalue weighted by molar-refractivity contribution is -0.144. The predicted octanol–water partition coefficient (Wildman–Crippen LogP) is 2.87. The monoisotopic (exact) mass is 388 g/mol. The Balaban J connectivity index is 1.95. The smallest absolute Gasteiger partial charge is 0.368 e. The van der Waals surface area contributed by atoms with Gasteiger partial charge in [0.1, 0.15) is 0 Å². The van der Waals surface area contributed by atoms with Crippen LogP contribution in [0.1, 0.15) is 54.5 Å². The van der Waals surface area contributed by atoms with Crippen molar-refractivity contribution in [3.8, 4) is 5.69 Å². The summed E-state index contributed by atoms with van der Waals surface area (Å²) in [5.41, 5.74) is 6.87. The number of nitrogens with zero attached hydrogens (tertiary/aromatic N) is 3. The summed E-state index contributed by atoms with van der Waals surface area (Å²) < 4.78 is 72.7. The predicted molar refractivity (Wildman–Crippen MR) is 84.5 cm³/mol. The Morgan fingerprint density at radius 1 is 1.12 bits per heavy atom. The van der Waals surface area contributed by atoms with Crippen LogP contribution in [0.2, 0.25) is 0 Å². The summed E-state index contributed by atoms with van der Waals surface area (Å²) in [4.78, 5) is 2.92. The van der Waals surface area contributed by atoms with Gasteiger partial charge in [0, 0.05) is 0 Å². The quantitative estimate of drug-likeness (QED) is 0.779. The third-order valence-electron chi connectivity index (χ3n) is 4.59. The molecule has 0 saturated heterocycles. The van der Waals surface area contributed by atoms with E-state index in [1.54, 1.807) is 6.07 Å². The summed E-state index contributed by atoms with van der Waals surface area (Å²) in [5.74, 6) is -1.79. The topological polar surface area (TPSA) is 111 Å². The van der Waals surface area contributed by atoms with E-state index in [0.717, 1.165) is 36.4 Å². The van der Waals surface area contributed by atoms with Crippen molar-refractivity contribution in [3.05, 3.63) is 29.1 Å². The molecule has 0 radical (unpaired) electrons. The second-order valence-electron chi connectivity index (χ2n) is 6.68. The van der Waals surface area contributed by atoms with Crippen molar-refractivity contribution in [3.63, 3.8) is 0 Å². The molecule has 11 heteroatoms. The number of rotatable bonds is 4. The minimum absolute atomic E-state index is 0.0253. The van der Waals surface area contributed by atoms with E-state index in [-0.39, 0.29) is 22.4 Å². The van der Waals surface area contributed by atoms with Gasteiger partial charge < -0.3 is 5.73 Å². The summed E-state index contributed by atoms with van der Waals surface area (Å²) in [6.07, 6.45) is -1.50. The van der Waals surface area contributed by atoms with Gasteiger partial charge in [-0.15, -0.1) is 5.10 Å². The van der Waals surface area contributed by atoms with Gasteiger partial charge in [-0.1, -0.05) is 6.07 Å². The lowest BCUT2D eigenvalue weighted by atomic mass is 10.0. The van der Waals surface area contributed by atoms with E-state index in [4.69, 9.17) is 5.73 Å². The summed E-state index contributed by atoms with van der Waals surface area (Å²) >= 11 is 0. The molecule has 2 aliphatic carbocycles. The van der Waals surface area contributed by atoms with Crippen molar-refractivity contribution in [1.29, 1.82) is 0 Å². The minimum atomic E-state index is -4.78. The van der Waals surface area contributed by atoms with Gasteiger partial charge in [-0.2, -0.15) is 31.3 Å². The third-order valence-corrected chi connectivity index (χ3v) is 5.49. The van der Waals surface area contributed by atoms with Crippen molar-refractivity contribution in [2.45, 2.75) is 48.6 Å². The molecule has 2 fully saturated rings. The molecule has 140 valence electrons. The lowest BCUT2D eigenvalue weighted by Gasteiger charge is -2.15. The van der Waals surface area contributed by atoms with Crippen LogP contribution >= 0.6 is 0 Å². The van der Waals surface area contributed by atoms with E-state index < -0.39 is 28.1 Å². The Morgan fingerprint density at radius 2 is 1.69 bits per heavy atom. The normalized spacial score (nSPS) is 18.3. The van der Waals surface area contributed by atoms with Crippen LogP contribution in [0.4, 0.5) is 19.1 Å². The van der Waals surface area contributed by atoms with Gasteiger partial charge in [0.2, 0.25) is 5.95 Å². The van der Waals surface area contributed by atoms with Crippen LogP contribution in [-0.2, 0) is 16.3 Å². The Labute approximate surface area is 146 Å². The molecule has 0 atom stereocenters. The highest BCUT2D eigenvalue weighted by atomic mass is 32.2. The van der Waals surface area contributed by atoms with Gasteiger partial charge in [-0.05, 0) is 54.7 Å². The number of alkyl halides is 3. The molecule has 2 saturated carbocycles. The fraction of sp³-hybridized carbons (Fsp3) is 0.467. The van der Waals surface area contributed by atoms with Crippen LogP contribution in [0.3, 0.4) is 0 Å². The van der Waals surface area contributed by atoms with Gasteiger partial charge in [0.25, 0.3) is 15.9 Å². The van der Waals surface area contributed by atoms with Crippen molar-refractivity contribution < 1.29 is 26.1 Å². The zero-order valence-electron chi connectivity index (χ0n) is 13.4. The molecule has 4 rings (SSSR count). The Kier molecular flexibility index (Phi) is 3.61. The van der Waals surface area contributed by atoms with Crippen molar-refractivity contribution in [1.82, 2.24) is 14.8 Å². The van der Waals surface area contributed by atoms with Crippen LogP contribution in [0, 0.1) is 0 Å². The number of nitrogens with two attached hydrogens (primary N) is 1. The average Bonchev–Trinajstić information content (AvgIpc) is 3.42. The molecule has 26 heavy (non-hydrogen) atoms. The highest BCUT2D eigenvalue weighted by molar-refractivity contribution is 7.85. The Bertz CT molecular complexity index is 992. The molecule has 2 aliphatic rings. The first-order valence-electron chi connectivity index (χ1n) is 8.01. The highest BCUT2D eigenvalue weighted by Gasteiger charge is 2.39. The maximum absolute atomic E-state index is 12.9. The molecule has 1 aromatic heterocycles. The molecule has 0 unspecified atom stereocenters. The minimum Gasteiger partial charge on any atom is -0.368 e. The first-order chi connectivity index (χ1) is 12.1. The number of aromatic nitrogens is 3. The second kappa shape index (κ2) is 5.43. The number of anilines is 1. The number of halogens is 3. The highest BCUT2D eigenvalue weighted by Crippen LogP contribution is 2.49. The van der Waals surface area contributed by atoms with Gasteiger partial charge in [-0.3, -0.25) is 4.55 Å². The molecule has 1 aromatic carbocycles. The van der Waals surface area contributed by atoms with Crippen molar-refractivity contribution in [2.24, 2.45) is 0 Å². The Morgan fingerprint density at radius 3 is 2.15 bits per heavy atom. The molecule has 2 aromatic rings. The summed E-state index contributed by atoms with van der Waals surface area (Å²) in [6, 6.07) is 2.81. The molecule has 1 heterocycles. The summed E-state index contributed by atoms with van der Waals surface area (Å²) in [7, 11) is -4.55. The standard InChI is InChI=1S/C15H15F3N4O3S/c16-15(17,18)13-20-14(19)22(21-13)11-6-12(26(23,24)25)10(8-3-4-8)5-9(11)7-1-2-7/h5-8H,1-4H2,(H2,19,20,21)(H,23,24,25). The van der Waals surface area contributed by atoms with Gasteiger partial charge in [0.05, 0.1) is 10.6 Å². The van der Waals surface area contributed by atoms with Crippen LogP contribution in [0.5, 0.6) is 0 Å². The molecule has 0 spiro atoms. The lowest BCUT2D eigenvalue weighted by Crippen LogP contribution is -2.11. The zero-order chi connectivity index (χ0) is 18.9. The summed E-state index contributed by atoms with van der Waals surface area (Å²) in [6.45, 7) is 0. The van der Waals surface area contributed by atoms with Crippen LogP contribution in [0.15, 0.2) is 17.0 Å². The maximum Gasteiger partial charge on any atom is 0.453 e. The molecule has 0 bridgehead atoms. The Hall–Kier alpha value is -2.14. The molecular formula is C15H15F3N4O3S. The van der Waals surface area contributed by atoms with E-state index in [0.29, 0.717) is 11.1 Å². The van der Waals surface area contributed by atoms with E-state index in [1.165, 1.54) is 0 Å². The zero-order valence-corrected chi connectivity index (χ0v) is 14.2. The molecule has 0 amide bonds. The van der Waals surface area contributed by atoms with E-state index in [9.17, 15) is 26.1 Å². The molecule has 0 aliphatic heterocycles. The molecule has 7 nitrogen and oxygen atoms in total. The van der Waals surface area contributed by atoms with Crippen molar-refractivity contribution in [2.75, 3.05) is 5.73 Å². The average molecular weight is 388 g/mol. The van der Waals surface area contributed by atoms with Crippen LogP contribution in [-0.4, -0.2) is 27.7 Å². The third kappa shape index (κ3) is 3.05. The number of hydrogen-bond acceptors (Lipinski definition) is 5. The van der Waals surface area contributed by atoms with E-state index in [1.807, 2.05) is 0 Å². The maximum atomic E-state index is 12.9. The van der Waals surface area contributed by atoms with Gasteiger partial charge in [0.15, 0.2) is 0 Å². The number of nitrogen functional groups attached to an aromatic ring is 1. The molecular weight excluding hydrogens is 373 g/mol. The second-order valence-corrected chi connectivity index (χ2v) is 8.07. The van der Waals surface area contributed by atoms with Crippen molar-refractivity contribution >= 4 is 16.1 Å². The van der Waals surface area contributed by atoms with Crippen LogP contribution < -0.4 is 5.73 Å². The molecule has 3 N–H and O–H groups in total. The number of benzene rings is 1. The first kappa shape index (κ1) is 17.3. The summed E-state index contributed by atoms with van der Waals surface area (Å²) in [5, 5.41) is 3.41. The van der Waals surface area contributed by atoms with Gasteiger partial charge in [-0.25, -0.2) is 0 Å².